The van der Waals surface area contributed by atoms with E-state index in [4.69, 9.17) is 28.4 Å². The van der Waals surface area contributed by atoms with E-state index in [0.717, 1.165) is 103 Å². The molecule has 0 aliphatic carbocycles. The number of carbonyl (C=O) groups is 1. The maximum absolute atomic E-state index is 13.5. The molecule has 0 aromatic heterocycles. The predicted molar refractivity (Wildman–Crippen MR) is 447 cm³/mol. The maximum atomic E-state index is 13.5. The van der Waals surface area contributed by atoms with E-state index in [1.165, 1.54) is 180 Å². The molecule has 0 radical (unpaired) electrons. The third-order valence-corrected chi connectivity index (χ3v) is 21.0. The lowest BCUT2D eigenvalue weighted by Crippen LogP contribution is -2.66. The standard InChI is InChI=1S/C92H157NO18/c1-3-5-7-9-11-13-15-17-19-21-23-25-27-29-31-33-35-37-39-41-43-45-47-49-51-53-55-57-59-61-63-65-67-69-76(97)75(74-106-90-86(104)83(101)88(78(72-95)108-90)111-92-87(105)84(102)89(79(73-96)109-92)110-91-85(103)82(100)81(99)77(71-94)107-91)93-80(98)70-68-66-64-62-60-58-56-54-52-50-48-46-44-42-40-38-36-34-32-30-28-26-24-22-20-18-16-14-12-10-8-6-4-2/h6,8,12,14,18,20,24,26,30,32,36,38,42,44,48,50,54,56,60,62,67,69,75-79,81-92,94-97,99-105H,3-5,7,9-11,13,15-17,19,21-23,25,27-29,31,33-35,37,39-41,43,45-47,49,51-53,55,57-59,61,63-66,68,70-74H2,1-2H3,(H,93,98)/b8-6-,14-12-,20-18-,26-24-,32-30-,38-36-,44-42-,50-48-,56-54-,62-60-,69-67+. The average molecular weight is 1570 g/mol. The van der Waals surface area contributed by atoms with Gasteiger partial charge in [-0.25, -0.2) is 0 Å². The van der Waals surface area contributed by atoms with Crippen LogP contribution < -0.4 is 5.32 Å². The summed E-state index contributed by atoms with van der Waals surface area (Å²) in [5.74, 6) is -0.320. The fourth-order valence-electron chi connectivity index (χ4n) is 14.0. The van der Waals surface area contributed by atoms with Crippen molar-refractivity contribution in [3.63, 3.8) is 0 Å². The van der Waals surface area contributed by atoms with Crippen LogP contribution in [0, 0.1) is 0 Å². The number of aliphatic hydroxyl groups excluding tert-OH is 11. The van der Waals surface area contributed by atoms with Gasteiger partial charge in [-0.05, 0) is 96.3 Å². The van der Waals surface area contributed by atoms with Crippen molar-refractivity contribution in [2.45, 2.75) is 413 Å². The zero-order chi connectivity index (χ0) is 80.3. The Kier molecular flexibility index (Phi) is 63.9. The first-order valence-electron chi connectivity index (χ1n) is 43.9. The van der Waals surface area contributed by atoms with Crippen LogP contribution in [-0.2, 0) is 33.2 Å². The van der Waals surface area contributed by atoms with E-state index in [-0.39, 0.29) is 18.9 Å². The van der Waals surface area contributed by atoms with Crippen molar-refractivity contribution in [1.29, 1.82) is 0 Å². The number of unbranched alkanes of at least 4 members (excludes halogenated alkanes) is 33. The Morgan fingerprint density at radius 1 is 0.333 bits per heavy atom. The van der Waals surface area contributed by atoms with E-state index in [1.54, 1.807) is 6.08 Å². The fraction of sp³-hybridized carbons (Fsp3) is 0.750. The molecule has 1 amide bonds. The van der Waals surface area contributed by atoms with Crippen LogP contribution in [0.25, 0.3) is 0 Å². The van der Waals surface area contributed by atoms with Gasteiger partial charge in [-0.3, -0.25) is 4.79 Å². The quantitative estimate of drug-likeness (QED) is 0.0199. The van der Waals surface area contributed by atoms with Gasteiger partial charge in [0.25, 0.3) is 0 Å². The molecule has 3 fully saturated rings. The van der Waals surface area contributed by atoms with Gasteiger partial charge in [-0.1, -0.05) is 340 Å². The summed E-state index contributed by atoms with van der Waals surface area (Å²) in [6.45, 7) is 1.61. The van der Waals surface area contributed by atoms with Crippen LogP contribution in [0.2, 0.25) is 0 Å². The van der Waals surface area contributed by atoms with Crippen LogP contribution in [0.5, 0.6) is 0 Å². The second kappa shape index (κ2) is 70.2. The predicted octanol–water partition coefficient (Wildman–Crippen LogP) is 16.4. The lowest BCUT2D eigenvalue weighted by molar-refractivity contribution is -0.379. The molecule has 12 N–H and O–H groups in total. The molecule has 0 spiro atoms. The van der Waals surface area contributed by atoms with E-state index >= 15 is 0 Å². The fourth-order valence-corrected chi connectivity index (χ4v) is 14.0. The van der Waals surface area contributed by atoms with Crippen LogP contribution in [-0.4, -0.2) is 193 Å². The summed E-state index contributed by atoms with van der Waals surface area (Å²) in [5, 5.41) is 121. The van der Waals surface area contributed by atoms with Crippen molar-refractivity contribution in [3.05, 3.63) is 134 Å². The number of hydrogen-bond donors (Lipinski definition) is 12. The van der Waals surface area contributed by atoms with E-state index in [1.807, 2.05) is 6.08 Å². The summed E-state index contributed by atoms with van der Waals surface area (Å²) in [4.78, 5) is 13.5. The Bertz CT molecular complexity index is 2530. The van der Waals surface area contributed by atoms with Gasteiger partial charge in [-0.2, -0.15) is 0 Å². The van der Waals surface area contributed by atoms with Crippen molar-refractivity contribution in [2.75, 3.05) is 26.4 Å². The molecule has 3 heterocycles. The minimum atomic E-state index is -1.99. The Hall–Kier alpha value is -4.07. The largest absolute Gasteiger partial charge is 0.394 e. The SMILES string of the molecule is CC/C=C\C/C=C\C/C=C\C/C=C\C/C=C\C/C=C\C/C=C\C/C=C\C/C=C\C/C=C\CCCCC(=O)NC(COC1OC(CO)C(OC2OC(CO)C(OC3OC(CO)C(O)C(O)C3O)C(O)C2O)C(O)C1O)C(O)/C=C/CCCCCCCCCCCCCCCCCCCCCCCCCCCCCCCCC. The molecular weight excluding hydrogens is 1410 g/mol. The number of carbonyl (C=O) groups excluding carboxylic acids is 1. The smallest absolute Gasteiger partial charge is 0.220 e. The highest BCUT2D eigenvalue weighted by Gasteiger charge is 2.54. The Balaban J connectivity index is 1.37. The highest BCUT2D eigenvalue weighted by atomic mass is 16.8. The van der Waals surface area contributed by atoms with Crippen LogP contribution in [0.3, 0.4) is 0 Å². The number of amides is 1. The molecule has 19 nitrogen and oxygen atoms in total. The van der Waals surface area contributed by atoms with Gasteiger partial charge in [0.05, 0.1) is 38.6 Å². The first-order valence-corrected chi connectivity index (χ1v) is 43.9. The van der Waals surface area contributed by atoms with Gasteiger partial charge < -0.3 is 89.9 Å². The number of aliphatic hydroxyl groups is 11. The van der Waals surface area contributed by atoms with E-state index in [2.05, 4.69) is 141 Å². The zero-order valence-electron chi connectivity index (χ0n) is 68.6. The molecule has 0 saturated carbocycles. The van der Waals surface area contributed by atoms with Gasteiger partial charge >= 0.3 is 0 Å². The van der Waals surface area contributed by atoms with E-state index < -0.39 is 124 Å². The molecule has 17 unspecified atom stereocenters. The van der Waals surface area contributed by atoms with Crippen molar-refractivity contribution in [3.8, 4) is 0 Å². The van der Waals surface area contributed by atoms with Crippen molar-refractivity contribution in [1.82, 2.24) is 5.32 Å². The third kappa shape index (κ3) is 48.9. The third-order valence-electron chi connectivity index (χ3n) is 21.0. The summed E-state index contributed by atoms with van der Waals surface area (Å²) in [6, 6.07) is -1.01. The molecule has 0 bridgehead atoms. The summed E-state index contributed by atoms with van der Waals surface area (Å²) >= 11 is 0. The lowest BCUT2D eigenvalue weighted by atomic mass is 9.96. The molecular formula is C92H157NO18. The van der Waals surface area contributed by atoms with Crippen molar-refractivity contribution < 1.29 is 89.4 Å². The zero-order valence-corrected chi connectivity index (χ0v) is 68.6. The van der Waals surface area contributed by atoms with Crippen molar-refractivity contribution in [2.24, 2.45) is 0 Å². The summed E-state index contributed by atoms with van der Waals surface area (Å²) in [7, 11) is 0. The monoisotopic (exact) mass is 1560 g/mol. The van der Waals surface area contributed by atoms with Gasteiger partial charge in [-0.15, -0.1) is 0 Å². The second-order valence-corrected chi connectivity index (χ2v) is 30.6. The molecule has 0 aromatic carbocycles. The van der Waals surface area contributed by atoms with E-state index in [0.29, 0.717) is 6.42 Å². The Morgan fingerprint density at radius 3 is 0.973 bits per heavy atom. The van der Waals surface area contributed by atoms with Crippen LogP contribution in [0.4, 0.5) is 0 Å². The molecule has 3 aliphatic rings. The molecule has 638 valence electrons. The van der Waals surface area contributed by atoms with Crippen LogP contribution in [0.1, 0.15) is 309 Å². The molecule has 17 atom stereocenters. The number of ether oxygens (including phenoxy) is 6. The Morgan fingerprint density at radius 2 is 0.622 bits per heavy atom. The van der Waals surface area contributed by atoms with E-state index in [9.17, 15) is 61.0 Å². The second-order valence-electron chi connectivity index (χ2n) is 30.6. The Labute approximate surface area is 670 Å². The number of allylic oxidation sites excluding steroid dienone is 21. The van der Waals surface area contributed by atoms with Gasteiger partial charge in [0.15, 0.2) is 18.9 Å². The molecule has 111 heavy (non-hydrogen) atoms. The summed E-state index contributed by atoms with van der Waals surface area (Å²) in [5.41, 5.74) is 0. The minimum Gasteiger partial charge on any atom is -0.394 e. The van der Waals surface area contributed by atoms with Gasteiger partial charge in [0.2, 0.25) is 5.91 Å². The normalized spacial score (nSPS) is 25.7. The van der Waals surface area contributed by atoms with Crippen LogP contribution >= 0.6 is 0 Å². The highest BCUT2D eigenvalue weighted by molar-refractivity contribution is 5.76. The first-order chi connectivity index (χ1) is 54.3. The maximum Gasteiger partial charge on any atom is 0.220 e. The molecule has 3 aliphatic heterocycles. The molecule has 19 heteroatoms. The summed E-state index contributed by atoms with van der Waals surface area (Å²) < 4.78 is 34.5. The lowest BCUT2D eigenvalue weighted by Gasteiger charge is -2.48. The van der Waals surface area contributed by atoms with Crippen molar-refractivity contribution >= 4 is 5.91 Å². The minimum absolute atomic E-state index is 0.179. The highest BCUT2D eigenvalue weighted by Crippen LogP contribution is 2.33. The summed E-state index contributed by atoms with van der Waals surface area (Å²) in [6.07, 6.45) is 74.5. The van der Waals surface area contributed by atoms with Crippen LogP contribution in [0.15, 0.2) is 134 Å². The van der Waals surface area contributed by atoms with Gasteiger partial charge in [0.1, 0.15) is 73.2 Å². The molecule has 0 aromatic rings. The topological polar surface area (TPSA) is 307 Å². The first kappa shape index (κ1) is 101. The molecule has 3 saturated heterocycles. The van der Waals surface area contributed by atoms with Gasteiger partial charge in [0, 0.05) is 6.42 Å². The molecule has 3 rings (SSSR count). The number of hydrogen-bond acceptors (Lipinski definition) is 18. The number of nitrogens with one attached hydrogen (secondary N) is 1. The number of rotatable bonds is 69. The average Bonchev–Trinajstić information content (AvgIpc) is 0.780.